The molecule has 0 saturated carbocycles. The lowest BCUT2D eigenvalue weighted by Gasteiger charge is -2.19. The number of pyridine rings is 1. The lowest BCUT2D eigenvalue weighted by Crippen LogP contribution is -2.27. The second-order valence-corrected chi connectivity index (χ2v) is 6.07. The fourth-order valence-corrected chi connectivity index (χ4v) is 2.02. The van der Waals surface area contributed by atoms with Gasteiger partial charge >= 0.3 is 6.09 Å². The smallest absolute Gasteiger partial charge is 0.413 e. The fraction of sp³-hybridized carbons (Fsp3) is 0.600. The van der Waals surface area contributed by atoms with E-state index in [0.717, 1.165) is 31.7 Å². The number of hydrogen-bond donors (Lipinski definition) is 2. The number of carbonyl (C=O) groups excluding carboxylic acids is 1. The van der Waals surface area contributed by atoms with Gasteiger partial charge in [0.2, 0.25) is 0 Å². The Kier molecular flexibility index (Phi) is 5.01. The van der Waals surface area contributed by atoms with Crippen LogP contribution in [-0.4, -0.2) is 35.9 Å². The minimum atomic E-state index is -0.521. The van der Waals surface area contributed by atoms with Crippen molar-refractivity contribution in [3.8, 4) is 0 Å². The summed E-state index contributed by atoms with van der Waals surface area (Å²) in [7, 11) is 0. The highest BCUT2D eigenvalue weighted by molar-refractivity contribution is 5.83. The van der Waals surface area contributed by atoms with Gasteiger partial charge in [0.05, 0.1) is 18.0 Å². The third kappa shape index (κ3) is 5.59. The number of ether oxygens (including phenoxy) is 2. The maximum Gasteiger partial charge on any atom is 0.413 e. The minimum absolute atomic E-state index is 0.282. The summed E-state index contributed by atoms with van der Waals surface area (Å²) in [6.07, 6.45) is 3.68. The quantitative estimate of drug-likeness (QED) is 0.892. The van der Waals surface area contributed by atoms with E-state index in [4.69, 9.17) is 9.47 Å². The molecule has 0 aromatic carbocycles. The predicted octanol–water partition coefficient (Wildman–Crippen LogP) is 3.02. The van der Waals surface area contributed by atoms with Gasteiger partial charge in [-0.2, -0.15) is 0 Å². The van der Waals surface area contributed by atoms with Crippen LogP contribution in [0, 0.1) is 0 Å². The molecule has 0 spiro atoms. The lowest BCUT2D eigenvalue weighted by atomic mass is 10.2. The van der Waals surface area contributed by atoms with E-state index in [9.17, 15) is 4.79 Å². The normalized spacial score (nSPS) is 18.3. The number of hydrogen-bond acceptors (Lipinski definition) is 5. The number of aromatic nitrogens is 1. The number of rotatable bonds is 4. The second-order valence-electron chi connectivity index (χ2n) is 6.07. The van der Waals surface area contributed by atoms with Crippen molar-refractivity contribution in [3.05, 3.63) is 18.3 Å². The van der Waals surface area contributed by atoms with Crippen molar-refractivity contribution in [3.63, 3.8) is 0 Å². The van der Waals surface area contributed by atoms with Gasteiger partial charge in [0, 0.05) is 13.2 Å². The van der Waals surface area contributed by atoms with E-state index in [1.807, 2.05) is 26.8 Å². The number of anilines is 2. The molecule has 1 aliphatic heterocycles. The van der Waals surface area contributed by atoms with Crippen LogP contribution in [-0.2, 0) is 9.47 Å². The highest BCUT2D eigenvalue weighted by Gasteiger charge is 2.17. The van der Waals surface area contributed by atoms with E-state index < -0.39 is 11.7 Å². The SMILES string of the molecule is CC(C)(C)OC(=O)Nc1ccc(NCC2CCCO2)cn1. The van der Waals surface area contributed by atoms with Crippen LogP contribution in [0.25, 0.3) is 0 Å². The summed E-state index contributed by atoms with van der Waals surface area (Å²) in [5.41, 5.74) is 0.382. The first kappa shape index (κ1) is 15.6. The molecule has 1 fully saturated rings. The molecular formula is C15H23N3O3. The van der Waals surface area contributed by atoms with Gasteiger partial charge in [-0.15, -0.1) is 0 Å². The molecule has 1 aromatic heterocycles. The van der Waals surface area contributed by atoms with Crippen LogP contribution in [0.3, 0.4) is 0 Å². The van der Waals surface area contributed by atoms with E-state index in [0.29, 0.717) is 5.82 Å². The molecule has 6 nitrogen and oxygen atoms in total. The molecule has 0 radical (unpaired) electrons. The number of nitrogens with one attached hydrogen (secondary N) is 2. The van der Waals surface area contributed by atoms with E-state index >= 15 is 0 Å². The van der Waals surface area contributed by atoms with Crippen molar-refractivity contribution in [1.82, 2.24) is 4.98 Å². The number of carbonyl (C=O) groups is 1. The van der Waals surface area contributed by atoms with E-state index in [1.165, 1.54) is 0 Å². The van der Waals surface area contributed by atoms with Crippen molar-refractivity contribution in [1.29, 1.82) is 0 Å². The molecule has 1 unspecified atom stereocenters. The summed E-state index contributed by atoms with van der Waals surface area (Å²) in [4.78, 5) is 15.8. The molecule has 1 saturated heterocycles. The Balaban J connectivity index is 1.79. The molecule has 116 valence electrons. The van der Waals surface area contributed by atoms with Gasteiger partial charge in [0.15, 0.2) is 0 Å². The molecule has 2 heterocycles. The van der Waals surface area contributed by atoms with Crippen molar-refractivity contribution < 1.29 is 14.3 Å². The van der Waals surface area contributed by atoms with E-state index in [1.54, 1.807) is 12.3 Å². The average molecular weight is 293 g/mol. The first-order valence-electron chi connectivity index (χ1n) is 7.24. The van der Waals surface area contributed by atoms with E-state index in [2.05, 4.69) is 15.6 Å². The van der Waals surface area contributed by atoms with Crippen LogP contribution in [0.1, 0.15) is 33.6 Å². The molecule has 2 rings (SSSR count). The first-order valence-corrected chi connectivity index (χ1v) is 7.24. The molecule has 6 heteroatoms. The fourth-order valence-electron chi connectivity index (χ4n) is 2.02. The van der Waals surface area contributed by atoms with Crippen LogP contribution in [0.5, 0.6) is 0 Å². The Morgan fingerprint density at radius 3 is 2.86 bits per heavy atom. The third-order valence-electron chi connectivity index (χ3n) is 2.95. The maximum absolute atomic E-state index is 11.6. The summed E-state index contributed by atoms with van der Waals surface area (Å²) < 4.78 is 10.7. The van der Waals surface area contributed by atoms with Gasteiger partial charge in [-0.3, -0.25) is 5.32 Å². The molecular weight excluding hydrogens is 270 g/mol. The summed E-state index contributed by atoms with van der Waals surface area (Å²) in [6, 6.07) is 3.61. The van der Waals surface area contributed by atoms with Gasteiger partial charge in [0.25, 0.3) is 0 Å². The zero-order chi connectivity index (χ0) is 15.3. The van der Waals surface area contributed by atoms with Crippen LogP contribution >= 0.6 is 0 Å². The summed E-state index contributed by atoms with van der Waals surface area (Å²) >= 11 is 0. The predicted molar refractivity (Wildman–Crippen MR) is 81.6 cm³/mol. The van der Waals surface area contributed by atoms with Gasteiger partial charge in [-0.25, -0.2) is 9.78 Å². The largest absolute Gasteiger partial charge is 0.444 e. The number of nitrogens with zero attached hydrogens (tertiary/aromatic N) is 1. The second kappa shape index (κ2) is 6.76. The standard InChI is InChI=1S/C15H23N3O3/c1-15(2,3)21-14(19)18-13-7-6-11(9-17-13)16-10-12-5-4-8-20-12/h6-7,9,12,16H,4-5,8,10H2,1-3H3,(H,17,18,19). The lowest BCUT2D eigenvalue weighted by molar-refractivity contribution is 0.0635. The highest BCUT2D eigenvalue weighted by atomic mass is 16.6. The van der Waals surface area contributed by atoms with Gasteiger partial charge in [-0.05, 0) is 45.7 Å². The zero-order valence-electron chi connectivity index (χ0n) is 12.8. The molecule has 2 N–H and O–H groups in total. The van der Waals surface area contributed by atoms with Gasteiger partial charge < -0.3 is 14.8 Å². The molecule has 0 bridgehead atoms. The molecule has 0 aliphatic carbocycles. The van der Waals surface area contributed by atoms with Gasteiger partial charge in [0.1, 0.15) is 11.4 Å². The Bertz CT molecular complexity index is 462. The molecule has 1 amide bonds. The topological polar surface area (TPSA) is 72.5 Å². The first-order chi connectivity index (χ1) is 9.92. The molecule has 1 aromatic rings. The molecule has 1 aliphatic rings. The van der Waals surface area contributed by atoms with Crippen LogP contribution in [0.15, 0.2) is 18.3 Å². The maximum atomic E-state index is 11.6. The van der Waals surface area contributed by atoms with Crippen LogP contribution < -0.4 is 10.6 Å². The van der Waals surface area contributed by atoms with Crippen LogP contribution in [0.2, 0.25) is 0 Å². The zero-order valence-corrected chi connectivity index (χ0v) is 12.8. The monoisotopic (exact) mass is 293 g/mol. The van der Waals surface area contributed by atoms with Crippen LogP contribution in [0.4, 0.5) is 16.3 Å². The van der Waals surface area contributed by atoms with E-state index in [-0.39, 0.29) is 6.10 Å². The van der Waals surface area contributed by atoms with Gasteiger partial charge in [-0.1, -0.05) is 0 Å². The summed E-state index contributed by atoms with van der Waals surface area (Å²) in [5.74, 6) is 0.465. The summed E-state index contributed by atoms with van der Waals surface area (Å²) in [6.45, 7) is 7.08. The Morgan fingerprint density at radius 2 is 2.29 bits per heavy atom. The molecule has 1 atom stereocenters. The molecule has 21 heavy (non-hydrogen) atoms. The Morgan fingerprint density at radius 1 is 1.48 bits per heavy atom. The van der Waals surface area contributed by atoms with Crippen molar-refractivity contribution in [2.75, 3.05) is 23.8 Å². The highest BCUT2D eigenvalue weighted by Crippen LogP contribution is 2.15. The van der Waals surface area contributed by atoms with Crippen molar-refractivity contribution in [2.24, 2.45) is 0 Å². The van der Waals surface area contributed by atoms with Crippen molar-refractivity contribution >= 4 is 17.6 Å². The Labute approximate surface area is 125 Å². The number of amides is 1. The third-order valence-corrected chi connectivity index (χ3v) is 2.95. The van der Waals surface area contributed by atoms with Crippen molar-refractivity contribution in [2.45, 2.75) is 45.3 Å². The average Bonchev–Trinajstić information content (AvgIpc) is 2.89. The minimum Gasteiger partial charge on any atom is -0.444 e. The Hall–Kier alpha value is -1.82. The summed E-state index contributed by atoms with van der Waals surface area (Å²) in [5, 5.41) is 5.87.